The molecule has 8 nitrogen and oxygen atoms in total. The molecule has 164 valence electrons. The van der Waals surface area contributed by atoms with Crippen molar-refractivity contribution in [2.24, 2.45) is 5.73 Å². The lowest BCUT2D eigenvalue weighted by Gasteiger charge is -2.24. The minimum Gasteiger partial charge on any atom is -0.385 e. The second-order valence-corrected chi connectivity index (χ2v) is 12.1. The number of para-hydroxylation sites is 1. The van der Waals surface area contributed by atoms with Gasteiger partial charge in [0.15, 0.2) is 0 Å². The van der Waals surface area contributed by atoms with Gasteiger partial charge in [-0.15, -0.1) is 0 Å². The summed E-state index contributed by atoms with van der Waals surface area (Å²) in [6.45, 7) is 1.53. The summed E-state index contributed by atoms with van der Waals surface area (Å²) in [5.74, 6) is 0. The minimum atomic E-state index is -2.40. The predicted molar refractivity (Wildman–Crippen MR) is 116 cm³/mol. The number of hydrogen-bond acceptors (Lipinski definition) is 8. The Morgan fingerprint density at radius 2 is 1.14 bits per heavy atom. The van der Waals surface area contributed by atoms with E-state index in [-0.39, 0.29) is 0 Å². The third kappa shape index (κ3) is 10.1. The molecule has 3 N–H and O–H groups in total. The molecule has 0 aromatic heterocycles. The quantitative estimate of drug-likeness (QED) is 0.341. The van der Waals surface area contributed by atoms with Gasteiger partial charge in [0.2, 0.25) is 0 Å². The number of benzene rings is 1. The normalized spacial score (nSPS) is 11.7. The van der Waals surface area contributed by atoms with Crippen LogP contribution in [0, 0.1) is 0 Å². The Hall–Kier alpha value is -0.826. The predicted octanol–water partition coefficient (Wildman–Crippen LogP) is 2.58. The van der Waals surface area contributed by atoms with Crippen LogP contribution in [-0.4, -0.2) is 73.4 Å². The summed E-state index contributed by atoms with van der Waals surface area (Å²) in [5, 5.41) is 3.35. The Kier molecular flexibility index (Phi) is 15.6. The molecule has 28 heavy (non-hydrogen) atoms. The molecule has 0 aliphatic heterocycles. The maximum absolute atomic E-state index is 5.36. The van der Waals surface area contributed by atoms with E-state index in [1.807, 2.05) is 30.3 Å². The summed E-state index contributed by atoms with van der Waals surface area (Å²) in [6.07, 6.45) is 1.83. The summed E-state index contributed by atoms with van der Waals surface area (Å²) in [4.78, 5) is 0. The molecular weight excluding hydrogens is 396 g/mol. The van der Waals surface area contributed by atoms with Gasteiger partial charge in [0.1, 0.15) is 0 Å². The molecule has 0 saturated heterocycles. The maximum atomic E-state index is 5.36. The van der Waals surface area contributed by atoms with E-state index in [9.17, 15) is 0 Å². The van der Waals surface area contributed by atoms with Crippen molar-refractivity contribution in [1.82, 2.24) is 0 Å². The van der Waals surface area contributed by atoms with E-state index in [4.69, 9.17) is 32.3 Å². The van der Waals surface area contributed by atoms with E-state index >= 15 is 0 Å². The molecule has 0 saturated carbocycles. The fourth-order valence-corrected chi connectivity index (χ4v) is 6.00. The molecule has 0 aliphatic carbocycles. The van der Waals surface area contributed by atoms with Crippen molar-refractivity contribution in [2.45, 2.75) is 24.9 Å². The third-order valence-corrected chi connectivity index (χ3v) is 9.98. The van der Waals surface area contributed by atoms with Crippen LogP contribution in [0.3, 0.4) is 0 Å². The molecule has 0 bridgehead atoms. The number of nitrogens with one attached hydrogen (secondary N) is 1. The van der Waals surface area contributed by atoms with Crippen LogP contribution in [0.1, 0.15) is 12.8 Å². The lowest BCUT2D eigenvalue weighted by Crippen LogP contribution is -2.42. The summed E-state index contributed by atoms with van der Waals surface area (Å²) in [6, 6.07) is 11.7. The molecule has 0 aliphatic rings. The topological polar surface area (TPSA) is 93.4 Å². The van der Waals surface area contributed by atoms with Crippen LogP contribution >= 0.6 is 0 Å². The van der Waals surface area contributed by atoms with Gasteiger partial charge in [-0.3, -0.25) is 0 Å². The van der Waals surface area contributed by atoms with Crippen molar-refractivity contribution in [1.29, 1.82) is 0 Å². The van der Waals surface area contributed by atoms with E-state index < -0.39 is 17.6 Å². The van der Waals surface area contributed by atoms with Crippen LogP contribution in [0.5, 0.6) is 0 Å². The molecule has 1 aromatic carbocycles. The SMILES string of the molecule is CO[Si](CCCN)(OC)OC.CO[Si](CCCNc1ccccc1)(OC)OC. The standard InChI is InChI=1S/C12H21NO3Si.C6H17NO3Si/c1-14-17(15-2,16-3)11-7-10-13-12-8-5-4-6-9-12;1-8-11(9-2,10-3)6-4-5-7/h4-6,8-9,13H,7,10-11H2,1-3H3;4-7H2,1-3H3. The van der Waals surface area contributed by atoms with Gasteiger partial charge in [-0.25, -0.2) is 0 Å². The van der Waals surface area contributed by atoms with Gasteiger partial charge in [-0.1, -0.05) is 18.2 Å². The minimum absolute atomic E-state index is 0.644. The summed E-state index contributed by atoms with van der Waals surface area (Å²) >= 11 is 0. The zero-order valence-electron chi connectivity index (χ0n) is 18.2. The van der Waals surface area contributed by atoms with Crippen molar-refractivity contribution in [3.8, 4) is 0 Å². The summed E-state index contributed by atoms with van der Waals surface area (Å²) < 4.78 is 31.6. The lowest BCUT2D eigenvalue weighted by molar-refractivity contribution is 0.122. The van der Waals surface area contributed by atoms with Gasteiger partial charge in [-0.2, -0.15) is 0 Å². The number of hydrogen-bond donors (Lipinski definition) is 2. The summed E-state index contributed by atoms with van der Waals surface area (Å²) in [5.41, 5.74) is 6.49. The zero-order valence-corrected chi connectivity index (χ0v) is 20.2. The van der Waals surface area contributed by atoms with Gasteiger partial charge in [0, 0.05) is 67.0 Å². The fourth-order valence-electron chi connectivity index (χ4n) is 2.52. The molecule has 0 spiro atoms. The Bertz CT molecular complexity index is 460. The van der Waals surface area contributed by atoms with Gasteiger partial charge < -0.3 is 37.6 Å². The zero-order chi connectivity index (χ0) is 21.3. The number of nitrogens with two attached hydrogens (primary N) is 1. The molecule has 0 heterocycles. The van der Waals surface area contributed by atoms with Crippen LogP contribution in [-0.2, 0) is 26.6 Å². The Morgan fingerprint density at radius 1 is 0.714 bits per heavy atom. The Balaban J connectivity index is 0.000000576. The molecular formula is C18H38N2O6Si2. The number of anilines is 1. The summed E-state index contributed by atoms with van der Waals surface area (Å²) in [7, 11) is 5.03. The van der Waals surface area contributed by atoms with Crippen molar-refractivity contribution in [2.75, 3.05) is 61.1 Å². The first-order valence-electron chi connectivity index (χ1n) is 9.30. The molecule has 0 unspecified atom stereocenters. The van der Waals surface area contributed by atoms with Crippen LogP contribution < -0.4 is 11.1 Å². The molecule has 0 fully saturated rings. The van der Waals surface area contributed by atoms with Gasteiger partial charge in [-0.05, 0) is 31.5 Å². The highest BCUT2D eigenvalue weighted by Crippen LogP contribution is 2.15. The largest absolute Gasteiger partial charge is 0.500 e. The van der Waals surface area contributed by atoms with Crippen LogP contribution in [0.4, 0.5) is 5.69 Å². The molecule has 1 aromatic rings. The molecule has 0 amide bonds. The average molecular weight is 435 g/mol. The highest BCUT2D eigenvalue weighted by molar-refractivity contribution is 6.60. The van der Waals surface area contributed by atoms with E-state index in [1.54, 1.807) is 42.7 Å². The van der Waals surface area contributed by atoms with E-state index in [0.29, 0.717) is 6.54 Å². The van der Waals surface area contributed by atoms with E-state index in [1.165, 1.54) is 0 Å². The van der Waals surface area contributed by atoms with Crippen LogP contribution in [0.2, 0.25) is 12.1 Å². The second-order valence-electron chi connectivity index (χ2n) is 5.88. The van der Waals surface area contributed by atoms with Crippen molar-refractivity contribution in [3.05, 3.63) is 30.3 Å². The fraction of sp³-hybridized carbons (Fsp3) is 0.667. The van der Waals surface area contributed by atoms with E-state index in [2.05, 4.69) is 5.32 Å². The van der Waals surface area contributed by atoms with E-state index in [0.717, 1.165) is 37.2 Å². The average Bonchev–Trinajstić information content (AvgIpc) is 2.77. The van der Waals surface area contributed by atoms with Gasteiger partial charge in [0.05, 0.1) is 0 Å². The second kappa shape index (κ2) is 16.0. The van der Waals surface area contributed by atoms with Crippen molar-refractivity contribution < 1.29 is 26.6 Å². The van der Waals surface area contributed by atoms with Crippen molar-refractivity contribution >= 4 is 23.3 Å². The third-order valence-electron chi connectivity index (χ3n) is 4.32. The number of rotatable bonds is 14. The molecule has 0 radical (unpaired) electrons. The smallest absolute Gasteiger partial charge is 0.385 e. The molecule has 10 heteroatoms. The highest BCUT2D eigenvalue weighted by atomic mass is 28.4. The Labute approximate surface area is 172 Å². The maximum Gasteiger partial charge on any atom is 0.500 e. The van der Waals surface area contributed by atoms with Gasteiger partial charge in [0.25, 0.3) is 0 Å². The lowest BCUT2D eigenvalue weighted by atomic mass is 10.3. The monoisotopic (exact) mass is 434 g/mol. The Morgan fingerprint density at radius 3 is 1.54 bits per heavy atom. The van der Waals surface area contributed by atoms with Crippen molar-refractivity contribution in [3.63, 3.8) is 0 Å². The first-order chi connectivity index (χ1) is 13.5. The van der Waals surface area contributed by atoms with Gasteiger partial charge >= 0.3 is 17.6 Å². The first-order valence-corrected chi connectivity index (χ1v) is 13.2. The molecule has 0 atom stereocenters. The molecule has 1 rings (SSSR count). The first kappa shape index (κ1) is 27.2. The van der Waals surface area contributed by atoms with Crippen LogP contribution in [0.15, 0.2) is 30.3 Å². The van der Waals surface area contributed by atoms with Crippen LogP contribution in [0.25, 0.3) is 0 Å². The highest BCUT2D eigenvalue weighted by Gasteiger charge is 2.37.